The van der Waals surface area contributed by atoms with Gasteiger partial charge in [0.2, 0.25) is 11.0 Å². The average Bonchev–Trinajstić information content (AvgIpc) is 3.08. The summed E-state index contributed by atoms with van der Waals surface area (Å²) in [7, 11) is -3.48. The van der Waals surface area contributed by atoms with Crippen molar-refractivity contribution < 1.29 is 13.2 Å². The molecule has 0 spiro atoms. The van der Waals surface area contributed by atoms with Crippen molar-refractivity contribution in [3.05, 3.63) is 71.2 Å². The van der Waals surface area contributed by atoms with Crippen LogP contribution in [0.25, 0.3) is 0 Å². The Bertz CT molecular complexity index is 971. The van der Waals surface area contributed by atoms with Crippen LogP contribution in [0.1, 0.15) is 17.0 Å². The van der Waals surface area contributed by atoms with Crippen molar-refractivity contribution in [1.82, 2.24) is 10.2 Å². The van der Waals surface area contributed by atoms with E-state index in [0.29, 0.717) is 11.6 Å². The van der Waals surface area contributed by atoms with Gasteiger partial charge in [0.1, 0.15) is 5.01 Å². The third-order valence-electron chi connectivity index (χ3n) is 3.61. The number of carbonyl (C=O) groups excluding carboxylic acids is 1. The molecule has 2 aromatic carbocycles. The number of carbonyl (C=O) groups is 1. The molecule has 0 aliphatic heterocycles. The first kappa shape index (κ1) is 18.2. The van der Waals surface area contributed by atoms with E-state index in [1.807, 2.05) is 30.3 Å². The van der Waals surface area contributed by atoms with Crippen LogP contribution >= 0.6 is 11.3 Å². The molecule has 0 radical (unpaired) electrons. The van der Waals surface area contributed by atoms with Gasteiger partial charge in [-0.05, 0) is 17.7 Å². The van der Waals surface area contributed by atoms with E-state index in [1.54, 1.807) is 18.2 Å². The number of hydrogen-bond acceptors (Lipinski definition) is 6. The molecule has 1 heterocycles. The molecule has 3 rings (SSSR count). The van der Waals surface area contributed by atoms with Gasteiger partial charge in [0.15, 0.2) is 9.84 Å². The third kappa shape index (κ3) is 4.96. The number of aromatic nitrogens is 2. The van der Waals surface area contributed by atoms with Crippen LogP contribution in [-0.4, -0.2) is 30.3 Å². The van der Waals surface area contributed by atoms with E-state index in [-0.39, 0.29) is 17.1 Å². The van der Waals surface area contributed by atoms with E-state index in [1.165, 1.54) is 23.5 Å². The second-order valence-electron chi connectivity index (χ2n) is 5.59. The summed E-state index contributed by atoms with van der Waals surface area (Å²) in [4.78, 5) is 12.2. The highest BCUT2D eigenvalue weighted by atomic mass is 32.2. The maximum Gasteiger partial charge on any atom is 0.227 e. The van der Waals surface area contributed by atoms with E-state index < -0.39 is 15.7 Å². The second kappa shape index (κ2) is 8.20. The van der Waals surface area contributed by atoms with Gasteiger partial charge in [-0.2, -0.15) is 0 Å². The maximum absolute atomic E-state index is 12.2. The molecule has 0 saturated heterocycles. The highest BCUT2D eigenvalue weighted by Crippen LogP contribution is 2.19. The summed E-state index contributed by atoms with van der Waals surface area (Å²) < 4.78 is 24.4. The van der Waals surface area contributed by atoms with Crippen LogP contribution in [0.2, 0.25) is 0 Å². The molecule has 0 aliphatic rings. The van der Waals surface area contributed by atoms with Crippen molar-refractivity contribution in [2.75, 3.05) is 11.1 Å². The van der Waals surface area contributed by atoms with Crippen LogP contribution in [0.5, 0.6) is 0 Å². The lowest BCUT2D eigenvalue weighted by Gasteiger charge is -2.04. The Hall–Kier alpha value is -2.58. The number of benzene rings is 2. The first-order chi connectivity index (χ1) is 12.5. The highest BCUT2D eigenvalue weighted by molar-refractivity contribution is 7.91. The Morgan fingerprint density at radius 3 is 2.31 bits per heavy atom. The number of nitrogens with zero attached hydrogens (tertiary/aromatic N) is 2. The van der Waals surface area contributed by atoms with E-state index in [0.717, 1.165) is 10.6 Å². The lowest BCUT2D eigenvalue weighted by Crippen LogP contribution is -2.17. The fourth-order valence-corrected chi connectivity index (χ4v) is 4.35. The van der Waals surface area contributed by atoms with Crippen LogP contribution < -0.4 is 5.32 Å². The van der Waals surface area contributed by atoms with Gasteiger partial charge >= 0.3 is 0 Å². The monoisotopic (exact) mass is 387 g/mol. The fraction of sp³-hybridized carbons (Fsp3) is 0.167. The number of hydrogen-bond donors (Lipinski definition) is 1. The standard InChI is InChI=1S/C18H17N3O3S2/c22-16(11-12-26(23,24)15-9-5-2-6-10-15)19-18-21-20-17(25-18)13-14-7-3-1-4-8-14/h1-10H,11-13H2,(H,19,21,22). The average molecular weight is 387 g/mol. The van der Waals surface area contributed by atoms with Crippen molar-refractivity contribution in [2.45, 2.75) is 17.7 Å². The molecule has 0 aliphatic carbocycles. The third-order valence-corrected chi connectivity index (χ3v) is 6.18. The van der Waals surface area contributed by atoms with Gasteiger partial charge in [0.25, 0.3) is 0 Å². The quantitative estimate of drug-likeness (QED) is 0.673. The van der Waals surface area contributed by atoms with Gasteiger partial charge < -0.3 is 5.32 Å². The molecule has 1 N–H and O–H groups in total. The maximum atomic E-state index is 12.2. The summed E-state index contributed by atoms with van der Waals surface area (Å²) in [6.07, 6.45) is 0.502. The van der Waals surface area contributed by atoms with E-state index in [4.69, 9.17) is 0 Å². The Morgan fingerprint density at radius 1 is 0.962 bits per heavy atom. The zero-order chi connectivity index (χ0) is 18.4. The molecule has 0 unspecified atom stereocenters. The summed E-state index contributed by atoms with van der Waals surface area (Å²) in [5.74, 6) is -0.648. The molecular weight excluding hydrogens is 370 g/mol. The molecule has 0 atom stereocenters. The highest BCUT2D eigenvalue weighted by Gasteiger charge is 2.17. The lowest BCUT2D eigenvalue weighted by molar-refractivity contribution is -0.115. The SMILES string of the molecule is O=C(CCS(=O)(=O)c1ccccc1)Nc1nnc(Cc2ccccc2)s1. The minimum absolute atomic E-state index is 0.134. The molecule has 1 aromatic heterocycles. The molecule has 26 heavy (non-hydrogen) atoms. The Kier molecular flexibility index (Phi) is 5.75. The zero-order valence-electron chi connectivity index (χ0n) is 13.8. The summed E-state index contributed by atoms with van der Waals surface area (Å²) in [5, 5.41) is 11.8. The first-order valence-corrected chi connectivity index (χ1v) is 10.4. The fourth-order valence-electron chi connectivity index (χ4n) is 2.30. The van der Waals surface area contributed by atoms with Gasteiger partial charge in [-0.3, -0.25) is 4.79 Å². The largest absolute Gasteiger partial charge is 0.301 e. The predicted octanol–water partition coefficient (Wildman–Crippen LogP) is 2.93. The van der Waals surface area contributed by atoms with Gasteiger partial charge in [0, 0.05) is 12.8 Å². The van der Waals surface area contributed by atoms with Crippen LogP contribution in [0, 0.1) is 0 Å². The molecule has 3 aromatic rings. The van der Waals surface area contributed by atoms with Crippen molar-refractivity contribution >= 4 is 32.2 Å². The normalized spacial score (nSPS) is 11.2. The smallest absolute Gasteiger partial charge is 0.227 e. The van der Waals surface area contributed by atoms with Crippen LogP contribution in [0.4, 0.5) is 5.13 Å². The predicted molar refractivity (Wildman–Crippen MR) is 101 cm³/mol. The van der Waals surface area contributed by atoms with E-state index in [2.05, 4.69) is 15.5 Å². The van der Waals surface area contributed by atoms with Gasteiger partial charge in [-0.1, -0.05) is 59.9 Å². The lowest BCUT2D eigenvalue weighted by atomic mass is 10.2. The molecule has 0 saturated carbocycles. The van der Waals surface area contributed by atoms with Crippen molar-refractivity contribution in [2.24, 2.45) is 0 Å². The topological polar surface area (TPSA) is 89.0 Å². The zero-order valence-corrected chi connectivity index (χ0v) is 15.5. The van der Waals surface area contributed by atoms with Gasteiger partial charge in [-0.25, -0.2) is 8.42 Å². The van der Waals surface area contributed by atoms with Gasteiger partial charge in [0.05, 0.1) is 10.6 Å². The van der Waals surface area contributed by atoms with Crippen molar-refractivity contribution in [1.29, 1.82) is 0 Å². The van der Waals surface area contributed by atoms with Crippen LogP contribution in [-0.2, 0) is 21.1 Å². The number of anilines is 1. The van der Waals surface area contributed by atoms with E-state index >= 15 is 0 Å². The van der Waals surface area contributed by atoms with Gasteiger partial charge in [-0.15, -0.1) is 10.2 Å². The molecule has 0 fully saturated rings. The molecule has 8 heteroatoms. The van der Waals surface area contributed by atoms with Crippen LogP contribution in [0.15, 0.2) is 65.6 Å². The number of rotatable bonds is 7. The molecule has 6 nitrogen and oxygen atoms in total. The molecule has 134 valence electrons. The van der Waals surface area contributed by atoms with Crippen molar-refractivity contribution in [3.8, 4) is 0 Å². The summed E-state index contributed by atoms with van der Waals surface area (Å²) in [6, 6.07) is 17.9. The molecule has 1 amide bonds. The Labute approximate surface area is 155 Å². The Balaban J connectivity index is 1.54. The summed E-state index contributed by atoms with van der Waals surface area (Å²) in [5.41, 5.74) is 1.11. The summed E-state index contributed by atoms with van der Waals surface area (Å²) in [6.45, 7) is 0. The first-order valence-electron chi connectivity index (χ1n) is 7.97. The minimum Gasteiger partial charge on any atom is -0.301 e. The molecule has 0 bridgehead atoms. The van der Waals surface area contributed by atoms with E-state index in [9.17, 15) is 13.2 Å². The molecular formula is C18H17N3O3S2. The number of amides is 1. The van der Waals surface area contributed by atoms with Crippen LogP contribution in [0.3, 0.4) is 0 Å². The number of sulfone groups is 1. The minimum atomic E-state index is -3.48. The van der Waals surface area contributed by atoms with Crippen molar-refractivity contribution in [3.63, 3.8) is 0 Å². The Morgan fingerprint density at radius 2 is 1.62 bits per heavy atom. The second-order valence-corrected chi connectivity index (χ2v) is 8.76. The number of nitrogens with one attached hydrogen (secondary N) is 1. The summed E-state index contributed by atoms with van der Waals surface area (Å²) >= 11 is 1.28.